The largest absolute Gasteiger partial charge is 0.383 e. The summed E-state index contributed by atoms with van der Waals surface area (Å²) in [6.45, 7) is 6.21. The Labute approximate surface area is 119 Å². The summed E-state index contributed by atoms with van der Waals surface area (Å²) in [6, 6.07) is 0. The SMILES string of the molecule is COCCn1nc(C)c(S(=O)(=O)N2CCOCC2)c1C. The molecular formula is C12H21N3O4S. The zero-order chi connectivity index (χ0) is 14.8. The molecule has 0 N–H and O–H groups in total. The standard InChI is InChI=1S/C12H21N3O4S/c1-10-12(11(2)15(13-10)6-7-18-3)20(16,17)14-4-8-19-9-5-14/h4-9H2,1-3H3. The summed E-state index contributed by atoms with van der Waals surface area (Å²) >= 11 is 0. The minimum absolute atomic E-state index is 0.315. The molecule has 8 heteroatoms. The van der Waals surface area contributed by atoms with Gasteiger partial charge in [-0.25, -0.2) is 8.42 Å². The van der Waals surface area contributed by atoms with E-state index in [1.165, 1.54) is 4.31 Å². The van der Waals surface area contributed by atoms with Crippen molar-refractivity contribution >= 4 is 10.0 Å². The van der Waals surface area contributed by atoms with Gasteiger partial charge in [0.2, 0.25) is 10.0 Å². The fourth-order valence-corrected chi connectivity index (χ4v) is 4.15. The molecule has 1 aromatic rings. The van der Waals surface area contributed by atoms with Crippen molar-refractivity contribution in [3.63, 3.8) is 0 Å². The first-order chi connectivity index (χ1) is 9.48. The normalized spacial score (nSPS) is 17.6. The lowest BCUT2D eigenvalue weighted by atomic mass is 10.4. The maximum Gasteiger partial charge on any atom is 0.246 e. The third-order valence-corrected chi connectivity index (χ3v) is 5.54. The molecule has 0 radical (unpaired) electrons. The fraction of sp³-hybridized carbons (Fsp3) is 0.750. The van der Waals surface area contributed by atoms with E-state index in [2.05, 4.69) is 5.10 Å². The first-order valence-corrected chi connectivity index (χ1v) is 8.03. The lowest BCUT2D eigenvalue weighted by Gasteiger charge is -2.26. The first kappa shape index (κ1) is 15.4. The molecule has 0 aromatic carbocycles. The van der Waals surface area contributed by atoms with Crippen LogP contribution < -0.4 is 0 Å². The second-order valence-corrected chi connectivity index (χ2v) is 6.61. The number of hydrogen-bond acceptors (Lipinski definition) is 5. The zero-order valence-electron chi connectivity index (χ0n) is 12.1. The number of methoxy groups -OCH3 is 1. The Morgan fingerprint density at radius 1 is 1.30 bits per heavy atom. The van der Waals surface area contributed by atoms with E-state index in [9.17, 15) is 8.42 Å². The Hall–Kier alpha value is -0.960. The number of hydrogen-bond donors (Lipinski definition) is 0. The molecule has 0 spiro atoms. The van der Waals surface area contributed by atoms with E-state index in [0.29, 0.717) is 55.7 Å². The quantitative estimate of drug-likeness (QED) is 0.775. The number of rotatable bonds is 5. The highest BCUT2D eigenvalue weighted by atomic mass is 32.2. The van der Waals surface area contributed by atoms with Crippen LogP contribution in [0, 0.1) is 13.8 Å². The van der Waals surface area contributed by atoms with E-state index in [1.54, 1.807) is 25.6 Å². The molecule has 1 fully saturated rings. The highest BCUT2D eigenvalue weighted by molar-refractivity contribution is 7.89. The van der Waals surface area contributed by atoms with Crippen LogP contribution in [0.4, 0.5) is 0 Å². The van der Waals surface area contributed by atoms with Crippen LogP contribution in [0.2, 0.25) is 0 Å². The molecule has 2 heterocycles. The average Bonchev–Trinajstić information content (AvgIpc) is 2.72. The lowest BCUT2D eigenvalue weighted by molar-refractivity contribution is 0.0730. The maximum atomic E-state index is 12.7. The van der Waals surface area contributed by atoms with Gasteiger partial charge in [-0.05, 0) is 13.8 Å². The Bertz CT molecular complexity index is 562. The van der Waals surface area contributed by atoms with Crippen LogP contribution in [0.15, 0.2) is 4.90 Å². The Morgan fingerprint density at radius 2 is 1.95 bits per heavy atom. The molecule has 0 aliphatic carbocycles. The van der Waals surface area contributed by atoms with E-state index in [1.807, 2.05) is 0 Å². The van der Waals surface area contributed by atoms with Gasteiger partial charge in [-0.15, -0.1) is 0 Å². The van der Waals surface area contributed by atoms with E-state index < -0.39 is 10.0 Å². The summed E-state index contributed by atoms with van der Waals surface area (Å²) in [5, 5.41) is 4.31. The number of nitrogens with zero attached hydrogens (tertiary/aromatic N) is 3. The van der Waals surface area contributed by atoms with Crippen LogP contribution in [-0.4, -0.2) is 62.5 Å². The van der Waals surface area contributed by atoms with Gasteiger partial charge in [0.15, 0.2) is 0 Å². The van der Waals surface area contributed by atoms with Crippen molar-refractivity contribution in [1.29, 1.82) is 0 Å². The summed E-state index contributed by atoms with van der Waals surface area (Å²) < 4.78 is 38.8. The van der Waals surface area contributed by atoms with Gasteiger partial charge in [0.25, 0.3) is 0 Å². The van der Waals surface area contributed by atoms with Crippen molar-refractivity contribution in [2.45, 2.75) is 25.3 Å². The first-order valence-electron chi connectivity index (χ1n) is 6.59. The Balaban J connectivity index is 2.33. The minimum Gasteiger partial charge on any atom is -0.383 e. The average molecular weight is 303 g/mol. The number of morpholine rings is 1. The third kappa shape index (κ3) is 2.88. The molecule has 20 heavy (non-hydrogen) atoms. The van der Waals surface area contributed by atoms with Crippen molar-refractivity contribution in [2.75, 3.05) is 40.0 Å². The van der Waals surface area contributed by atoms with Crippen LogP contribution in [0.25, 0.3) is 0 Å². The highest BCUT2D eigenvalue weighted by Gasteiger charge is 2.31. The molecule has 0 bridgehead atoms. The molecule has 1 saturated heterocycles. The summed E-state index contributed by atoms with van der Waals surface area (Å²) in [7, 11) is -1.89. The third-order valence-electron chi connectivity index (χ3n) is 3.39. The maximum absolute atomic E-state index is 12.7. The molecule has 0 atom stereocenters. The van der Waals surface area contributed by atoms with Crippen molar-refractivity contribution in [3.8, 4) is 0 Å². The molecule has 0 amide bonds. The van der Waals surface area contributed by atoms with Gasteiger partial charge in [0.1, 0.15) is 4.90 Å². The predicted molar refractivity (Wildman–Crippen MR) is 73.2 cm³/mol. The predicted octanol–water partition coefficient (Wildman–Crippen LogP) is 0.167. The van der Waals surface area contributed by atoms with Gasteiger partial charge in [0.05, 0.1) is 37.8 Å². The second kappa shape index (κ2) is 6.21. The molecule has 0 unspecified atom stereocenters. The summed E-state index contributed by atoms with van der Waals surface area (Å²) in [5.74, 6) is 0. The summed E-state index contributed by atoms with van der Waals surface area (Å²) in [5.41, 5.74) is 1.19. The van der Waals surface area contributed by atoms with Gasteiger partial charge in [-0.2, -0.15) is 9.40 Å². The smallest absolute Gasteiger partial charge is 0.246 e. The molecular weight excluding hydrogens is 282 g/mol. The minimum atomic E-state index is -3.50. The van der Waals surface area contributed by atoms with E-state index in [4.69, 9.17) is 9.47 Å². The van der Waals surface area contributed by atoms with Gasteiger partial charge in [-0.1, -0.05) is 0 Å². The van der Waals surface area contributed by atoms with Crippen molar-refractivity contribution < 1.29 is 17.9 Å². The van der Waals surface area contributed by atoms with E-state index in [-0.39, 0.29) is 0 Å². The lowest BCUT2D eigenvalue weighted by Crippen LogP contribution is -2.41. The topological polar surface area (TPSA) is 73.7 Å². The van der Waals surface area contributed by atoms with Crippen LogP contribution in [0.3, 0.4) is 0 Å². The van der Waals surface area contributed by atoms with Gasteiger partial charge >= 0.3 is 0 Å². The number of aromatic nitrogens is 2. The fourth-order valence-electron chi connectivity index (χ4n) is 2.37. The zero-order valence-corrected chi connectivity index (χ0v) is 12.9. The monoisotopic (exact) mass is 303 g/mol. The number of ether oxygens (including phenoxy) is 2. The summed E-state index contributed by atoms with van der Waals surface area (Å²) in [6.07, 6.45) is 0. The molecule has 0 saturated carbocycles. The second-order valence-electron chi connectivity index (χ2n) is 4.73. The van der Waals surface area contributed by atoms with Crippen molar-refractivity contribution in [2.24, 2.45) is 0 Å². The van der Waals surface area contributed by atoms with Gasteiger partial charge in [-0.3, -0.25) is 4.68 Å². The Kier molecular flexibility index (Phi) is 4.79. The van der Waals surface area contributed by atoms with Crippen molar-refractivity contribution in [3.05, 3.63) is 11.4 Å². The molecule has 1 aliphatic rings. The number of aryl methyl sites for hydroxylation is 1. The van der Waals surface area contributed by atoms with E-state index >= 15 is 0 Å². The molecule has 114 valence electrons. The van der Waals surface area contributed by atoms with Crippen LogP contribution >= 0.6 is 0 Å². The number of sulfonamides is 1. The van der Waals surface area contributed by atoms with Crippen LogP contribution in [-0.2, 0) is 26.0 Å². The van der Waals surface area contributed by atoms with Crippen LogP contribution in [0.1, 0.15) is 11.4 Å². The van der Waals surface area contributed by atoms with Gasteiger partial charge < -0.3 is 9.47 Å². The summed E-state index contributed by atoms with van der Waals surface area (Å²) in [4.78, 5) is 0.315. The molecule has 2 rings (SSSR count). The van der Waals surface area contributed by atoms with Crippen molar-refractivity contribution in [1.82, 2.24) is 14.1 Å². The van der Waals surface area contributed by atoms with Crippen LogP contribution in [0.5, 0.6) is 0 Å². The molecule has 1 aliphatic heterocycles. The Morgan fingerprint density at radius 3 is 2.55 bits per heavy atom. The molecule has 7 nitrogen and oxygen atoms in total. The van der Waals surface area contributed by atoms with E-state index in [0.717, 1.165) is 0 Å². The molecule has 1 aromatic heterocycles. The highest BCUT2D eigenvalue weighted by Crippen LogP contribution is 2.24. The van der Waals surface area contributed by atoms with Gasteiger partial charge in [0, 0.05) is 20.2 Å².